The predicted molar refractivity (Wildman–Crippen MR) is 79.7 cm³/mol. The molecule has 1 aliphatic rings. The summed E-state index contributed by atoms with van der Waals surface area (Å²) < 4.78 is 4.48. The Morgan fingerprint density at radius 1 is 1.28 bits per heavy atom. The molecule has 0 amide bonds. The number of halogens is 1. The Labute approximate surface area is 117 Å². The first-order chi connectivity index (χ1) is 8.88. The maximum atomic E-state index is 6.08. The number of benzene rings is 1. The fourth-order valence-electron chi connectivity index (χ4n) is 2.74. The smallest absolute Gasteiger partial charge is 0.117 e. The Bertz CT molecular complexity index is 525. The van der Waals surface area contributed by atoms with Crippen LogP contribution in [0.15, 0.2) is 24.3 Å². The monoisotopic (exact) mass is 280 g/mol. The number of hydrogen-bond acceptors (Lipinski definition) is 3. The molecule has 0 bridgehead atoms. The molecule has 1 aromatic carbocycles. The van der Waals surface area contributed by atoms with Gasteiger partial charge in [0.05, 0.1) is 5.52 Å². The summed E-state index contributed by atoms with van der Waals surface area (Å²) in [5, 5.41) is 6.12. The fraction of sp³-hybridized carbons (Fsp3) is 0.500. The van der Waals surface area contributed by atoms with Crippen LogP contribution in [-0.4, -0.2) is 16.3 Å². The van der Waals surface area contributed by atoms with Gasteiger partial charge < -0.3 is 5.32 Å². The van der Waals surface area contributed by atoms with Gasteiger partial charge in [0, 0.05) is 17.3 Å². The van der Waals surface area contributed by atoms with Crippen molar-refractivity contribution in [2.45, 2.75) is 31.7 Å². The molecule has 96 valence electrons. The Kier molecular flexibility index (Phi) is 3.71. The maximum absolute atomic E-state index is 6.08. The van der Waals surface area contributed by atoms with Crippen LogP contribution < -0.4 is 5.32 Å². The van der Waals surface area contributed by atoms with E-state index in [0.29, 0.717) is 12.0 Å². The lowest BCUT2D eigenvalue weighted by Gasteiger charge is -2.31. The highest BCUT2D eigenvalue weighted by molar-refractivity contribution is 7.11. The van der Waals surface area contributed by atoms with Crippen LogP contribution in [0.5, 0.6) is 0 Å². The molecular weight excluding hydrogens is 264 g/mol. The van der Waals surface area contributed by atoms with Crippen LogP contribution in [0.4, 0.5) is 5.00 Å². The first-order valence-electron chi connectivity index (χ1n) is 6.55. The van der Waals surface area contributed by atoms with E-state index in [1.54, 1.807) is 11.5 Å². The van der Waals surface area contributed by atoms with E-state index in [2.05, 4.69) is 27.9 Å². The van der Waals surface area contributed by atoms with Gasteiger partial charge in [0.25, 0.3) is 0 Å². The van der Waals surface area contributed by atoms with Crippen molar-refractivity contribution < 1.29 is 0 Å². The number of hydrogen-bond donors (Lipinski definition) is 1. The second-order valence-electron chi connectivity index (χ2n) is 4.98. The van der Waals surface area contributed by atoms with Crippen LogP contribution in [-0.2, 0) is 0 Å². The zero-order valence-corrected chi connectivity index (χ0v) is 11.8. The van der Waals surface area contributed by atoms with Crippen molar-refractivity contribution in [3.8, 4) is 0 Å². The average Bonchev–Trinajstić information content (AvgIpc) is 2.83. The van der Waals surface area contributed by atoms with Gasteiger partial charge >= 0.3 is 0 Å². The van der Waals surface area contributed by atoms with E-state index in [1.807, 2.05) is 6.07 Å². The van der Waals surface area contributed by atoms with Gasteiger partial charge in [-0.2, -0.15) is 4.37 Å². The molecule has 18 heavy (non-hydrogen) atoms. The van der Waals surface area contributed by atoms with Gasteiger partial charge in [-0.05, 0) is 42.4 Å². The molecular formula is C14H17ClN2S. The third kappa shape index (κ3) is 2.34. The molecule has 0 spiro atoms. The van der Waals surface area contributed by atoms with Crippen LogP contribution in [0.3, 0.4) is 0 Å². The Morgan fingerprint density at radius 2 is 2.11 bits per heavy atom. The molecule has 2 aromatic rings. The molecule has 1 aliphatic carbocycles. The van der Waals surface area contributed by atoms with Gasteiger partial charge in [-0.15, -0.1) is 11.6 Å². The largest absolute Gasteiger partial charge is 0.372 e. The molecule has 0 aliphatic heterocycles. The number of fused-ring (bicyclic) bond motifs is 1. The van der Waals surface area contributed by atoms with E-state index in [0.717, 1.165) is 11.4 Å². The molecule has 3 rings (SSSR count). The topological polar surface area (TPSA) is 24.9 Å². The zero-order chi connectivity index (χ0) is 12.4. The van der Waals surface area contributed by atoms with Crippen LogP contribution in [0.1, 0.15) is 25.7 Å². The maximum Gasteiger partial charge on any atom is 0.117 e. The minimum absolute atomic E-state index is 0.514. The molecule has 0 saturated heterocycles. The van der Waals surface area contributed by atoms with E-state index < -0.39 is 0 Å². The van der Waals surface area contributed by atoms with Crippen molar-refractivity contribution >= 4 is 39.0 Å². The lowest BCUT2D eigenvalue weighted by atomic mass is 9.86. The summed E-state index contributed by atoms with van der Waals surface area (Å²) in [5.41, 5.74) is 1.09. The van der Waals surface area contributed by atoms with Gasteiger partial charge in [-0.25, -0.2) is 0 Å². The van der Waals surface area contributed by atoms with E-state index in [-0.39, 0.29) is 0 Å². The summed E-state index contributed by atoms with van der Waals surface area (Å²) in [4.78, 5) is 0. The molecule has 1 N–H and O–H groups in total. The predicted octanol–water partition coefficient (Wildman–Crippen LogP) is 4.51. The minimum Gasteiger partial charge on any atom is -0.372 e. The highest BCUT2D eigenvalue weighted by Crippen LogP contribution is 2.33. The highest BCUT2D eigenvalue weighted by Gasteiger charge is 2.25. The summed E-state index contributed by atoms with van der Waals surface area (Å²) >= 11 is 7.65. The quantitative estimate of drug-likeness (QED) is 0.837. The second-order valence-corrected chi connectivity index (χ2v) is 6.06. The number of rotatable bonds is 3. The Morgan fingerprint density at radius 3 is 3.00 bits per heavy atom. The minimum atomic E-state index is 0.514. The molecule has 2 atom stereocenters. The number of anilines is 1. The summed E-state index contributed by atoms with van der Waals surface area (Å²) in [7, 11) is 0. The molecule has 1 heterocycles. The van der Waals surface area contributed by atoms with Crippen molar-refractivity contribution in [1.29, 1.82) is 0 Å². The van der Waals surface area contributed by atoms with Crippen molar-refractivity contribution in [1.82, 2.24) is 4.37 Å². The average molecular weight is 281 g/mol. The summed E-state index contributed by atoms with van der Waals surface area (Å²) in [6.45, 7) is 0. The van der Waals surface area contributed by atoms with Crippen LogP contribution in [0, 0.1) is 5.92 Å². The van der Waals surface area contributed by atoms with Crippen LogP contribution >= 0.6 is 23.1 Å². The van der Waals surface area contributed by atoms with Crippen molar-refractivity contribution in [2.75, 3.05) is 11.2 Å². The third-order valence-electron chi connectivity index (χ3n) is 3.81. The SMILES string of the molecule is ClCC1CCCCC1Nc1snc2ccccc12. The summed E-state index contributed by atoms with van der Waals surface area (Å²) in [5.74, 6) is 1.36. The van der Waals surface area contributed by atoms with Crippen molar-refractivity contribution in [3.63, 3.8) is 0 Å². The molecule has 1 aromatic heterocycles. The molecule has 2 unspecified atom stereocenters. The molecule has 2 nitrogen and oxygen atoms in total. The number of alkyl halides is 1. The lowest BCUT2D eigenvalue weighted by molar-refractivity contribution is 0.354. The van der Waals surface area contributed by atoms with Crippen molar-refractivity contribution in [2.24, 2.45) is 5.92 Å². The lowest BCUT2D eigenvalue weighted by Crippen LogP contribution is -2.32. The van der Waals surface area contributed by atoms with E-state index in [4.69, 9.17) is 11.6 Å². The highest BCUT2D eigenvalue weighted by atomic mass is 35.5. The third-order valence-corrected chi connectivity index (χ3v) is 5.01. The number of nitrogens with zero attached hydrogens (tertiary/aromatic N) is 1. The summed E-state index contributed by atoms with van der Waals surface area (Å²) in [6, 6.07) is 8.83. The van der Waals surface area contributed by atoms with E-state index in [9.17, 15) is 0 Å². The van der Waals surface area contributed by atoms with Crippen molar-refractivity contribution in [3.05, 3.63) is 24.3 Å². The molecule has 1 saturated carbocycles. The van der Waals surface area contributed by atoms with E-state index in [1.165, 1.54) is 36.1 Å². The van der Waals surface area contributed by atoms with Crippen LogP contribution in [0.25, 0.3) is 10.9 Å². The summed E-state index contributed by atoms with van der Waals surface area (Å²) in [6.07, 6.45) is 5.10. The Balaban J connectivity index is 1.82. The van der Waals surface area contributed by atoms with E-state index >= 15 is 0 Å². The second kappa shape index (κ2) is 5.45. The first-order valence-corrected chi connectivity index (χ1v) is 7.86. The zero-order valence-electron chi connectivity index (χ0n) is 10.2. The fourth-order valence-corrected chi connectivity index (χ4v) is 3.94. The van der Waals surface area contributed by atoms with Gasteiger partial charge in [0.2, 0.25) is 0 Å². The van der Waals surface area contributed by atoms with Crippen LogP contribution in [0.2, 0.25) is 0 Å². The molecule has 0 radical (unpaired) electrons. The first kappa shape index (κ1) is 12.2. The molecule has 4 heteroatoms. The van der Waals surface area contributed by atoms with Gasteiger partial charge in [-0.3, -0.25) is 0 Å². The molecule has 1 fully saturated rings. The Hall–Kier alpha value is -0.800. The van der Waals surface area contributed by atoms with Gasteiger partial charge in [0.15, 0.2) is 0 Å². The van der Waals surface area contributed by atoms with Gasteiger partial charge in [0.1, 0.15) is 5.00 Å². The number of nitrogens with one attached hydrogen (secondary N) is 1. The van der Waals surface area contributed by atoms with Gasteiger partial charge in [-0.1, -0.05) is 25.0 Å². The normalized spacial score (nSPS) is 24.3. The standard InChI is InChI=1S/C14H17ClN2S/c15-9-10-5-1-3-7-12(10)16-14-11-6-2-4-8-13(11)17-18-14/h2,4,6,8,10,12,16H,1,3,5,7,9H2. The number of aromatic nitrogens is 1.